The molecule has 130 valence electrons. The topological polar surface area (TPSA) is 18.5 Å². The number of hydrogen-bond acceptors (Lipinski definition) is 10. The number of thioether (sulfide) groups is 8. The van der Waals surface area contributed by atoms with Gasteiger partial charge in [-0.25, -0.2) is 0 Å². The lowest BCUT2D eigenvalue weighted by Crippen LogP contribution is -2.08. The molecule has 5 rings (SSSR count). The fourth-order valence-corrected chi connectivity index (χ4v) is 16.3. The van der Waals surface area contributed by atoms with E-state index in [0.29, 0.717) is 17.8 Å². The lowest BCUT2D eigenvalue weighted by molar-refractivity contribution is 0.0949. The van der Waals surface area contributed by atoms with E-state index in [1.54, 1.807) is 23.5 Å². The van der Waals surface area contributed by atoms with Crippen molar-refractivity contribution in [3.8, 4) is 0 Å². The molecular formula is C14H14O2S8. The van der Waals surface area contributed by atoms with Gasteiger partial charge >= 0.3 is 0 Å². The van der Waals surface area contributed by atoms with Crippen LogP contribution in [0.3, 0.4) is 0 Å². The van der Waals surface area contributed by atoms with Gasteiger partial charge in [0.05, 0.1) is 26.1 Å². The molecule has 0 bridgehead atoms. The van der Waals surface area contributed by atoms with Gasteiger partial charge in [0, 0.05) is 10.5 Å². The zero-order chi connectivity index (χ0) is 16.3. The molecule has 2 nitrogen and oxygen atoms in total. The van der Waals surface area contributed by atoms with Crippen LogP contribution in [-0.2, 0) is 9.47 Å². The molecule has 5 heterocycles. The molecule has 0 saturated carbocycles. The summed E-state index contributed by atoms with van der Waals surface area (Å²) in [6.07, 6.45) is 0. The summed E-state index contributed by atoms with van der Waals surface area (Å²) in [4.78, 5) is 0. The van der Waals surface area contributed by atoms with E-state index in [-0.39, 0.29) is 0 Å². The molecule has 1 fully saturated rings. The van der Waals surface area contributed by atoms with E-state index in [2.05, 4.69) is 60.9 Å². The minimum Gasteiger partial charge on any atom is -0.480 e. The van der Waals surface area contributed by atoms with Crippen molar-refractivity contribution in [3.05, 3.63) is 27.1 Å². The fourth-order valence-electron chi connectivity index (χ4n) is 2.45. The average Bonchev–Trinajstić information content (AvgIpc) is 3.29. The second kappa shape index (κ2) is 7.22. The Bertz CT molecular complexity index is 622. The summed E-state index contributed by atoms with van der Waals surface area (Å²) in [5, 5.41) is 3.47. The Labute approximate surface area is 176 Å². The molecule has 24 heavy (non-hydrogen) atoms. The molecule has 0 radical (unpaired) electrons. The van der Waals surface area contributed by atoms with Crippen LogP contribution >= 0.6 is 94.1 Å². The minimum atomic E-state index is 0.672. The van der Waals surface area contributed by atoms with E-state index in [1.807, 2.05) is 23.5 Å². The minimum absolute atomic E-state index is 0.672. The first-order chi connectivity index (χ1) is 11.7. The van der Waals surface area contributed by atoms with Gasteiger partial charge in [-0.1, -0.05) is 37.4 Å². The molecule has 0 aromatic carbocycles. The van der Waals surface area contributed by atoms with Crippen LogP contribution in [0.1, 0.15) is 13.8 Å². The maximum Gasteiger partial charge on any atom is 0.208 e. The second-order valence-electron chi connectivity index (χ2n) is 5.48. The summed E-state index contributed by atoms with van der Waals surface area (Å²) < 4.78 is 18.6. The summed E-state index contributed by atoms with van der Waals surface area (Å²) in [6.45, 7) is 6.08. The Morgan fingerprint density at radius 1 is 0.667 bits per heavy atom. The molecule has 5 aliphatic rings. The van der Waals surface area contributed by atoms with Crippen LogP contribution in [0.5, 0.6) is 0 Å². The first-order valence-corrected chi connectivity index (χ1v) is 14.4. The van der Waals surface area contributed by atoms with Crippen LogP contribution in [0, 0.1) is 0 Å². The lowest BCUT2D eigenvalue weighted by Gasteiger charge is -2.17. The SMILES string of the molecule is C[C@H]1SC(C2SC3=C(SC(=C4SC5=C(OCCO5)S4)S3)S2)S[C@@H]1C. The second-order valence-corrected chi connectivity index (χ2v) is 16.5. The van der Waals surface area contributed by atoms with E-state index in [9.17, 15) is 0 Å². The fraction of sp³-hybridized carbons (Fsp3) is 0.571. The predicted molar refractivity (Wildman–Crippen MR) is 120 cm³/mol. The van der Waals surface area contributed by atoms with Crippen LogP contribution in [-0.4, -0.2) is 32.9 Å². The molecule has 2 atom stereocenters. The normalized spacial score (nSPS) is 34.1. The van der Waals surface area contributed by atoms with Gasteiger partial charge in [-0.05, 0) is 23.5 Å². The molecule has 0 spiro atoms. The van der Waals surface area contributed by atoms with Crippen LogP contribution in [0.2, 0.25) is 0 Å². The highest BCUT2D eigenvalue weighted by Gasteiger charge is 2.43. The van der Waals surface area contributed by atoms with Crippen LogP contribution in [0.25, 0.3) is 0 Å². The van der Waals surface area contributed by atoms with Gasteiger partial charge in [0.1, 0.15) is 13.2 Å². The molecular weight excluding hydrogens is 457 g/mol. The van der Waals surface area contributed by atoms with Crippen molar-refractivity contribution in [2.75, 3.05) is 13.2 Å². The van der Waals surface area contributed by atoms with Gasteiger partial charge < -0.3 is 9.47 Å². The third kappa shape index (κ3) is 3.29. The third-order valence-electron chi connectivity index (χ3n) is 3.82. The molecule has 0 amide bonds. The van der Waals surface area contributed by atoms with Crippen molar-refractivity contribution in [2.45, 2.75) is 33.5 Å². The molecule has 0 aromatic heterocycles. The number of ether oxygens (including phenoxy) is 2. The molecule has 0 unspecified atom stereocenters. The van der Waals surface area contributed by atoms with Gasteiger partial charge in [-0.2, -0.15) is 0 Å². The van der Waals surface area contributed by atoms with Crippen LogP contribution in [0.15, 0.2) is 27.1 Å². The van der Waals surface area contributed by atoms with E-state index in [4.69, 9.17) is 9.47 Å². The predicted octanol–water partition coefficient (Wildman–Crippen LogP) is 6.76. The Morgan fingerprint density at radius 3 is 1.71 bits per heavy atom. The zero-order valence-electron chi connectivity index (χ0n) is 12.8. The van der Waals surface area contributed by atoms with Gasteiger partial charge in [0.2, 0.25) is 10.2 Å². The van der Waals surface area contributed by atoms with Crippen molar-refractivity contribution in [1.82, 2.24) is 0 Å². The smallest absolute Gasteiger partial charge is 0.208 e. The monoisotopic (exact) mass is 470 g/mol. The summed E-state index contributed by atoms with van der Waals surface area (Å²) in [7, 11) is 0. The Hall–Kier alpha value is 1.62. The van der Waals surface area contributed by atoms with Crippen molar-refractivity contribution >= 4 is 94.1 Å². The van der Waals surface area contributed by atoms with E-state index >= 15 is 0 Å². The van der Waals surface area contributed by atoms with Crippen molar-refractivity contribution in [3.63, 3.8) is 0 Å². The van der Waals surface area contributed by atoms with Crippen molar-refractivity contribution in [2.24, 2.45) is 0 Å². The molecule has 1 saturated heterocycles. The average molecular weight is 471 g/mol. The maximum absolute atomic E-state index is 5.70. The number of rotatable bonds is 1. The summed E-state index contributed by atoms with van der Waals surface area (Å²) in [5.74, 6) is 0. The van der Waals surface area contributed by atoms with Crippen LogP contribution in [0.4, 0.5) is 0 Å². The standard InChI is InChI=1S/C14H14O2S8/c1-5-6(2)18-9(17-5)11-21-13-14(22-11)24-12(23-13)10-19-7-8(20-10)16-4-3-15-7/h5-6,9,11H,3-4H2,1-2H3/t5-,6-/m1/s1. The van der Waals surface area contributed by atoms with Crippen molar-refractivity contribution in [1.29, 1.82) is 0 Å². The van der Waals surface area contributed by atoms with E-state index in [0.717, 1.165) is 25.3 Å². The molecule has 10 heteroatoms. The van der Waals surface area contributed by atoms with Gasteiger partial charge in [-0.3, -0.25) is 0 Å². The van der Waals surface area contributed by atoms with Crippen LogP contribution < -0.4 is 0 Å². The summed E-state index contributed by atoms with van der Waals surface area (Å²) in [5.41, 5.74) is 0. The largest absolute Gasteiger partial charge is 0.480 e. The first-order valence-electron chi connectivity index (χ1n) is 7.51. The van der Waals surface area contributed by atoms with Crippen molar-refractivity contribution < 1.29 is 9.47 Å². The van der Waals surface area contributed by atoms with E-state index < -0.39 is 0 Å². The lowest BCUT2D eigenvalue weighted by atomic mass is 10.4. The quantitative estimate of drug-likeness (QED) is 0.407. The Morgan fingerprint density at radius 2 is 1.17 bits per heavy atom. The zero-order valence-corrected chi connectivity index (χ0v) is 19.3. The Kier molecular flexibility index (Phi) is 5.32. The highest BCUT2D eigenvalue weighted by Crippen LogP contribution is 2.70. The third-order valence-corrected chi connectivity index (χ3v) is 17.1. The van der Waals surface area contributed by atoms with Gasteiger partial charge in [0.25, 0.3) is 0 Å². The van der Waals surface area contributed by atoms with Gasteiger partial charge in [-0.15, -0.1) is 47.0 Å². The maximum atomic E-state index is 5.70. The molecule has 0 aromatic rings. The number of hydrogen-bond donors (Lipinski definition) is 0. The summed E-state index contributed by atoms with van der Waals surface area (Å²) in [6, 6.07) is 0. The highest BCUT2D eigenvalue weighted by molar-refractivity contribution is 8.47. The summed E-state index contributed by atoms with van der Waals surface area (Å²) >= 11 is 15.9. The van der Waals surface area contributed by atoms with E-state index in [1.165, 1.54) is 16.9 Å². The Balaban J connectivity index is 1.23. The van der Waals surface area contributed by atoms with Gasteiger partial charge in [0.15, 0.2) is 0 Å². The molecule has 0 aliphatic carbocycles. The first kappa shape index (κ1) is 17.7. The molecule has 0 N–H and O–H groups in total. The highest BCUT2D eigenvalue weighted by atomic mass is 32.3. The molecule has 5 aliphatic heterocycles.